The van der Waals surface area contributed by atoms with Crippen LogP contribution in [0.15, 0.2) is 23.8 Å². The van der Waals surface area contributed by atoms with Crippen LogP contribution in [0.2, 0.25) is 0 Å². The number of rotatable bonds is 6. The average molecular weight is 413 g/mol. The summed E-state index contributed by atoms with van der Waals surface area (Å²) in [4.78, 5) is 0. The molecule has 0 radical (unpaired) electrons. The van der Waals surface area contributed by atoms with Gasteiger partial charge in [-0.1, -0.05) is 78.2 Å². The molecule has 2 fully saturated rings. The topological polar surface area (TPSA) is 20.2 Å². The third-order valence-electron chi connectivity index (χ3n) is 10.8. The summed E-state index contributed by atoms with van der Waals surface area (Å²) in [6, 6.07) is 0. The van der Waals surface area contributed by atoms with Crippen LogP contribution < -0.4 is 0 Å². The minimum atomic E-state index is -0.260. The van der Waals surface area contributed by atoms with E-state index >= 15 is 0 Å². The van der Waals surface area contributed by atoms with E-state index in [1.807, 2.05) is 0 Å². The van der Waals surface area contributed by atoms with Crippen molar-refractivity contribution in [2.75, 3.05) is 0 Å². The van der Waals surface area contributed by atoms with E-state index in [1.165, 1.54) is 56.9 Å². The summed E-state index contributed by atoms with van der Waals surface area (Å²) < 4.78 is 0. The molecule has 4 rings (SSSR count). The van der Waals surface area contributed by atoms with Crippen molar-refractivity contribution in [1.29, 1.82) is 0 Å². The lowest BCUT2D eigenvalue weighted by molar-refractivity contribution is -0.0360. The Morgan fingerprint density at radius 1 is 1.07 bits per heavy atom. The summed E-state index contributed by atoms with van der Waals surface area (Å²) in [6.45, 7) is 15.0. The summed E-state index contributed by atoms with van der Waals surface area (Å²) >= 11 is 0. The molecule has 0 bridgehead atoms. The zero-order valence-corrected chi connectivity index (χ0v) is 20.7. The summed E-state index contributed by atoms with van der Waals surface area (Å²) in [5.74, 6) is 6.09. The van der Waals surface area contributed by atoms with E-state index in [4.69, 9.17) is 0 Å². The first-order valence-electron chi connectivity index (χ1n) is 13.3. The fraction of sp³-hybridized carbons (Fsp3) is 0.862. The van der Waals surface area contributed by atoms with E-state index in [2.05, 4.69) is 59.8 Å². The molecule has 170 valence electrons. The highest BCUT2D eigenvalue weighted by Gasteiger charge is 2.58. The van der Waals surface area contributed by atoms with E-state index in [9.17, 15) is 5.11 Å². The molecule has 1 nitrogen and oxygen atoms in total. The van der Waals surface area contributed by atoms with Crippen molar-refractivity contribution in [3.05, 3.63) is 23.8 Å². The summed E-state index contributed by atoms with van der Waals surface area (Å²) in [6.07, 6.45) is 18.8. The maximum absolute atomic E-state index is 10.2. The van der Waals surface area contributed by atoms with Crippen molar-refractivity contribution < 1.29 is 5.11 Å². The van der Waals surface area contributed by atoms with Crippen molar-refractivity contribution in [2.45, 2.75) is 105 Å². The Morgan fingerprint density at radius 2 is 1.83 bits per heavy atom. The Hall–Kier alpha value is -0.560. The van der Waals surface area contributed by atoms with Crippen LogP contribution in [0.25, 0.3) is 0 Å². The Balaban J connectivity index is 1.48. The van der Waals surface area contributed by atoms with Crippen LogP contribution in [0, 0.1) is 52.3 Å². The Bertz CT molecular complexity index is 674. The molecule has 1 N–H and O–H groups in total. The first-order valence-corrected chi connectivity index (χ1v) is 13.3. The van der Waals surface area contributed by atoms with Gasteiger partial charge < -0.3 is 5.11 Å². The molecule has 0 heterocycles. The molecule has 0 amide bonds. The number of aliphatic hydroxyl groups excluding tert-OH is 1. The fourth-order valence-electron chi connectivity index (χ4n) is 8.90. The molecular weight excluding hydrogens is 364 g/mol. The zero-order chi connectivity index (χ0) is 21.7. The van der Waals surface area contributed by atoms with Crippen molar-refractivity contribution in [3.8, 4) is 0 Å². The highest BCUT2D eigenvalue weighted by Crippen LogP contribution is 2.66. The van der Waals surface area contributed by atoms with E-state index in [0.717, 1.165) is 47.8 Å². The molecule has 0 aromatic carbocycles. The van der Waals surface area contributed by atoms with Gasteiger partial charge in [0.2, 0.25) is 0 Å². The quantitative estimate of drug-likeness (QED) is 0.441. The molecule has 0 saturated heterocycles. The fourth-order valence-corrected chi connectivity index (χ4v) is 8.90. The van der Waals surface area contributed by atoms with Gasteiger partial charge in [-0.05, 0) is 91.8 Å². The molecule has 0 spiro atoms. The van der Waals surface area contributed by atoms with E-state index in [1.54, 1.807) is 0 Å². The standard InChI is InChI=1S/C29H48O/c1-7-21(19(2)3)9-8-20(4)25-12-13-26-24-11-10-22-18-23(30)14-16-28(22,5)27(24)15-17-29(25,26)6/h10,14,16,19-21,23-27,30H,7-9,11-13,15,17-18H2,1-6H3. The molecule has 0 aromatic heterocycles. The molecule has 1 heteroatoms. The van der Waals surface area contributed by atoms with Gasteiger partial charge in [-0.25, -0.2) is 0 Å². The smallest absolute Gasteiger partial charge is 0.0758 e. The van der Waals surface area contributed by atoms with Gasteiger partial charge in [0.1, 0.15) is 0 Å². The Kier molecular flexibility index (Phi) is 6.35. The van der Waals surface area contributed by atoms with E-state index in [0.29, 0.717) is 5.41 Å². The van der Waals surface area contributed by atoms with Crippen LogP contribution in [-0.2, 0) is 0 Å². The summed E-state index contributed by atoms with van der Waals surface area (Å²) in [5, 5.41) is 10.2. The van der Waals surface area contributed by atoms with Gasteiger partial charge >= 0.3 is 0 Å². The third kappa shape index (κ3) is 3.66. The van der Waals surface area contributed by atoms with Crippen LogP contribution in [-0.4, -0.2) is 11.2 Å². The van der Waals surface area contributed by atoms with Crippen LogP contribution in [0.3, 0.4) is 0 Å². The molecule has 4 aliphatic rings. The molecule has 4 aliphatic carbocycles. The first-order chi connectivity index (χ1) is 14.2. The minimum Gasteiger partial charge on any atom is -0.389 e. The number of hydrogen-bond donors (Lipinski definition) is 1. The number of hydrogen-bond acceptors (Lipinski definition) is 1. The lowest BCUT2D eigenvalue weighted by Gasteiger charge is -2.57. The average Bonchev–Trinajstić information content (AvgIpc) is 3.06. The van der Waals surface area contributed by atoms with Gasteiger partial charge in [0.25, 0.3) is 0 Å². The molecule has 9 atom stereocenters. The number of aliphatic hydroxyl groups is 1. The molecule has 30 heavy (non-hydrogen) atoms. The third-order valence-corrected chi connectivity index (χ3v) is 10.8. The SMILES string of the molecule is CCC(CCC(C)C1CCC2C3CC=C4CC(O)C=CC4(C)C3CCC12C)C(C)C. The van der Waals surface area contributed by atoms with Crippen LogP contribution in [0.4, 0.5) is 0 Å². The van der Waals surface area contributed by atoms with Crippen LogP contribution in [0.5, 0.6) is 0 Å². The van der Waals surface area contributed by atoms with Gasteiger partial charge in [-0.2, -0.15) is 0 Å². The second-order valence-corrected chi connectivity index (χ2v) is 12.5. The highest BCUT2D eigenvalue weighted by molar-refractivity contribution is 5.32. The van der Waals surface area contributed by atoms with Crippen LogP contribution >= 0.6 is 0 Å². The number of fused-ring (bicyclic) bond motifs is 5. The molecule has 0 aromatic rings. The van der Waals surface area contributed by atoms with Gasteiger partial charge in [-0.15, -0.1) is 0 Å². The van der Waals surface area contributed by atoms with Gasteiger partial charge in [0.05, 0.1) is 6.10 Å². The monoisotopic (exact) mass is 412 g/mol. The van der Waals surface area contributed by atoms with Gasteiger partial charge in [0.15, 0.2) is 0 Å². The highest BCUT2D eigenvalue weighted by atomic mass is 16.3. The van der Waals surface area contributed by atoms with Gasteiger partial charge in [-0.3, -0.25) is 0 Å². The predicted molar refractivity (Wildman–Crippen MR) is 128 cm³/mol. The predicted octanol–water partition coefficient (Wildman–Crippen LogP) is 7.80. The molecule has 0 aliphatic heterocycles. The molecular formula is C29H48O. The van der Waals surface area contributed by atoms with E-state index < -0.39 is 0 Å². The second-order valence-electron chi connectivity index (χ2n) is 12.5. The van der Waals surface area contributed by atoms with Crippen molar-refractivity contribution in [1.82, 2.24) is 0 Å². The Morgan fingerprint density at radius 3 is 2.53 bits per heavy atom. The summed E-state index contributed by atoms with van der Waals surface area (Å²) in [7, 11) is 0. The zero-order valence-electron chi connectivity index (χ0n) is 20.7. The lowest BCUT2D eigenvalue weighted by Crippen LogP contribution is -2.49. The summed E-state index contributed by atoms with van der Waals surface area (Å²) in [5.41, 5.74) is 2.29. The maximum atomic E-state index is 10.2. The normalized spacial score (nSPS) is 44.8. The molecule has 9 unspecified atom stereocenters. The second kappa shape index (κ2) is 8.42. The maximum Gasteiger partial charge on any atom is 0.0758 e. The van der Waals surface area contributed by atoms with E-state index in [-0.39, 0.29) is 11.5 Å². The minimum absolute atomic E-state index is 0.207. The first kappa shape index (κ1) is 22.6. The van der Waals surface area contributed by atoms with Crippen molar-refractivity contribution in [2.24, 2.45) is 52.3 Å². The lowest BCUT2D eigenvalue weighted by atomic mass is 9.48. The van der Waals surface area contributed by atoms with Crippen LogP contribution in [0.1, 0.15) is 99.3 Å². The number of allylic oxidation sites excluding steroid dienone is 2. The largest absolute Gasteiger partial charge is 0.389 e. The van der Waals surface area contributed by atoms with Crippen molar-refractivity contribution in [3.63, 3.8) is 0 Å². The van der Waals surface area contributed by atoms with Crippen molar-refractivity contribution >= 4 is 0 Å². The van der Waals surface area contributed by atoms with Gasteiger partial charge in [0, 0.05) is 5.41 Å². The Labute approximate surface area is 186 Å². The molecule has 2 saturated carbocycles.